The van der Waals surface area contributed by atoms with Crippen LogP contribution in [-0.2, 0) is 23.9 Å². The molecule has 5 unspecified atom stereocenters. The standard InChI is InChI=1S/C31H50N6O7/c1-30(2,3)21(15-44-29(43)33-13-17-9-10-17)35-28(42)36-24(31(4,5)6)27(41)37-14-18-12-19(18)22(37)26(40)34-20(11-16-7-8-16)23(38)25(32)39/h16-22,24H,7-15H2,1-6H3,(H2,32,39)(H,33,43)(H,34,40)(H2,35,36,42)/t18?,19?,20?,21-,22?,24?/m1/s1. The van der Waals surface area contributed by atoms with Crippen molar-refractivity contribution in [1.82, 2.24) is 26.2 Å². The van der Waals surface area contributed by atoms with Gasteiger partial charge < -0.3 is 36.6 Å². The van der Waals surface area contributed by atoms with Crippen molar-refractivity contribution < 1.29 is 33.5 Å². The van der Waals surface area contributed by atoms with Gasteiger partial charge in [-0.05, 0) is 60.2 Å². The fraction of sp³-hybridized carbons (Fsp3) is 0.806. The van der Waals surface area contributed by atoms with Crippen molar-refractivity contribution in [3.63, 3.8) is 0 Å². The highest BCUT2D eigenvalue weighted by Gasteiger charge is 2.58. The third kappa shape index (κ3) is 8.84. The van der Waals surface area contributed by atoms with E-state index in [-0.39, 0.29) is 24.4 Å². The fourth-order valence-electron chi connectivity index (χ4n) is 5.79. The zero-order valence-electron chi connectivity index (χ0n) is 26.9. The summed E-state index contributed by atoms with van der Waals surface area (Å²) in [6.45, 7) is 12.1. The van der Waals surface area contributed by atoms with Crippen LogP contribution in [0.3, 0.4) is 0 Å². The highest BCUT2D eigenvalue weighted by atomic mass is 16.5. The quantitative estimate of drug-likeness (QED) is 0.193. The van der Waals surface area contributed by atoms with Crippen molar-refractivity contribution in [2.24, 2.45) is 40.2 Å². The molecule has 3 aliphatic carbocycles. The molecule has 0 spiro atoms. The van der Waals surface area contributed by atoms with E-state index >= 15 is 0 Å². The van der Waals surface area contributed by atoms with Gasteiger partial charge in [0.1, 0.15) is 18.7 Å². The first kappa shape index (κ1) is 33.5. The minimum Gasteiger partial charge on any atom is -0.447 e. The van der Waals surface area contributed by atoms with Crippen LogP contribution in [0.1, 0.15) is 80.1 Å². The number of likely N-dealkylation sites (tertiary alicyclic amines) is 1. The molecule has 0 radical (unpaired) electrons. The second-order valence-corrected chi connectivity index (χ2v) is 15.3. The van der Waals surface area contributed by atoms with Crippen LogP contribution in [0.15, 0.2) is 0 Å². The van der Waals surface area contributed by atoms with Crippen LogP contribution in [-0.4, -0.2) is 84.4 Å². The van der Waals surface area contributed by atoms with Gasteiger partial charge in [0.05, 0.1) is 12.1 Å². The van der Waals surface area contributed by atoms with Gasteiger partial charge in [-0.1, -0.05) is 54.4 Å². The number of Topliss-reactive ketones (excluding diaryl/α,β-unsaturated/α-hetero) is 1. The maximum Gasteiger partial charge on any atom is 0.407 e. The Morgan fingerprint density at radius 3 is 2.07 bits per heavy atom. The molecule has 1 aliphatic heterocycles. The first-order valence-electron chi connectivity index (χ1n) is 15.9. The summed E-state index contributed by atoms with van der Waals surface area (Å²) >= 11 is 0. The summed E-state index contributed by atoms with van der Waals surface area (Å²) in [4.78, 5) is 78.7. The molecule has 4 rings (SSSR count). The lowest BCUT2D eigenvalue weighted by atomic mass is 9.85. The van der Waals surface area contributed by atoms with E-state index < -0.39 is 70.6 Å². The zero-order chi connectivity index (χ0) is 32.6. The molecule has 246 valence electrons. The molecule has 0 aromatic carbocycles. The summed E-state index contributed by atoms with van der Waals surface area (Å²) in [7, 11) is 0. The van der Waals surface area contributed by atoms with E-state index in [1.807, 2.05) is 41.5 Å². The number of ether oxygens (including phenoxy) is 1. The number of carbonyl (C=O) groups is 6. The molecule has 4 fully saturated rings. The molecule has 1 heterocycles. The molecule has 4 aliphatic rings. The van der Waals surface area contributed by atoms with Gasteiger partial charge in [0.25, 0.3) is 5.91 Å². The number of carbonyl (C=O) groups excluding carboxylic acids is 6. The summed E-state index contributed by atoms with van der Waals surface area (Å²) in [5.41, 5.74) is 4.07. The Morgan fingerprint density at radius 2 is 1.52 bits per heavy atom. The highest BCUT2D eigenvalue weighted by Crippen LogP contribution is 2.50. The van der Waals surface area contributed by atoms with E-state index in [1.165, 1.54) is 4.90 Å². The van der Waals surface area contributed by atoms with Crippen molar-refractivity contribution in [1.29, 1.82) is 0 Å². The minimum atomic E-state index is -1.10. The summed E-state index contributed by atoms with van der Waals surface area (Å²) in [5.74, 6) is -1.94. The Labute approximate surface area is 259 Å². The van der Waals surface area contributed by atoms with Gasteiger partial charge in [-0.15, -0.1) is 0 Å². The lowest BCUT2D eigenvalue weighted by molar-refractivity contribution is -0.144. The molecule has 0 aromatic rings. The number of ketones is 1. The lowest BCUT2D eigenvalue weighted by Crippen LogP contribution is -2.62. The number of nitrogens with two attached hydrogens (primary N) is 1. The number of rotatable bonds is 13. The number of hydrogen-bond acceptors (Lipinski definition) is 7. The van der Waals surface area contributed by atoms with E-state index in [0.29, 0.717) is 25.4 Å². The van der Waals surface area contributed by atoms with Crippen LogP contribution >= 0.6 is 0 Å². The molecule has 3 saturated carbocycles. The van der Waals surface area contributed by atoms with Crippen LogP contribution < -0.4 is 27.0 Å². The number of hydrogen-bond donors (Lipinski definition) is 5. The number of nitrogens with one attached hydrogen (secondary N) is 4. The van der Waals surface area contributed by atoms with E-state index in [1.54, 1.807) is 0 Å². The molecule has 1 saturated heterocycles. The third-order valence-electron chi connectivity index (χ3n) is 9.20. The Balaban J connectivity index is 1.41. The van der Waals surface area contributed by atoms with Crippen molar-refractivity contribution in [3.05, 3.63) is 0 Å². The van der Waals surface area contributed by atoms with Crippen molar-refractivity contribution in [2.75, 3.05) is 19.7 Å². The van der Waals surface area contributed by atoms with Crippen LogP contribution in [0.4, 0.5) is 9.59 Å². The molecular formula is C31H50N6O7. The maximum absolute atomic E-state index is 14.0. The summed E-state index contributed by atoms with van der Waals surface area (Å²) < 4.78 is 5.39. The predicted octanol–water partition coefficient (Wildman–Crippen LogP) is 1.44. The maximum atomic E-state index is 14.0. The molecule has 6 amide bonds. The topological polar surface area (TPSA) is 189 Å². The molecule has 6 atom stereocenters. The van der Waals surface area contributed by atoms with Crippen molar-refractivity contribution in [3.8, 4) is 0 Å². The normalized spacial score (nSPS) is 24.7. The smallest absolute Gasteiger partial charge is 0.407 e. The molecule has 13 heteroatoms. The van der Waals surface area contributed by atoms with Gasteiger partial charge in [0, 0.05) is 13.1 Å². The Morgan fingerprint density at radius 1 is 0.886 bits per heavy atom. The van der Waals surface area contributed by atoms with E-state index in [4.69, 9.17) is 10.5 Å². The largest absolute Gasteiger partial charge is 0.447 e. The fourth-order valence-corrected chi connectivity index (χ4v) is 5.79. The number of primary amides is 1. The number of nitrogens with zero attached hydrogens (tertiary/aromatic N) is 1. The second-order valence-electron chi connectivity index (χ2n) is 15.3. The predicted molar refractivity (Wildman–Crippen MR) is 161 cm³/mol. The second kappa shape index (κ2) is 12.9. The van der Waals surface area contributed by atoms with Crippen molar-refractivity contribution >= 4 is 35.6 Å². The number of urea groups is 1. The molecule has 44 heavy (non-hydrogen) atoms. The van der Waals surface area contributed by atoms with E-state index in [0.717, 1.165) is 32.1 Å². The first-order chi connectivity index (χ1) is 20.5. The first-order valence-corrected chi connectivity index (χ1v) is 15.9. The molecule has 13 nitrogen and oxygen atoms in total. The van der Waals surface area contributed by atoms with Crippen LogP contribution in [0.25, 0.3) is 0 Å². The van der Waals surface area contributed by atoms with Gasteiger partial charge in [-0.25, -0.2) is 9.59 Å². The summed E-state index contributed by atoms with van der Waals surface area (Å²) in [5, 5.41) is 11.2. The van der Waals surface area contributed by atoms with Crippen molar-refractivity contribution in [2.45, 2.75) is 104 Å². The lowest BCUT2D eigenvalue weighted by Gasteiger charge is -2.37. The summed E-state index contributed by atoms with van der Waals surface area (Å²) in [6, 6.07) is -3.95. The monoisotopic (exact) mass is 618 g/mol. The minimum absolute atomic E-state index is 0.0490. The van der Waals surface area contributed by atoms with Crippen LogP contribution in [0.2, 0.25) is 0 Å². The molecule has 0 bridgehead atoms. The molecule has 6 N–H and O–H groups in total. The number of alkyl carbamates (subject to hydrolysis) is 1. The average molecular weight is 619 g/mol. The zero-order valence-corrected chi connectivity index (χ0v) is 26.9. The number of fused-ring (bicyclic) bond motifs is 1. The summed E-state index contributed by atoms with van der Waals surface area (Å²) in [6.07, 6.45) is 4.64. The molecule has 0 aromatic heterocycles. The Kier molecular flexibility index (Phi) is 9.84. The Hall–Kier alpha value is -3.38. The number of amides is 6. The van der Waals surface area contributed by atoms with Gasteiger partial charge >= 0.3 is 12.1 Å². The number of piperidine rings is 1. The molecular weight excluding hydrogens is 568 g/mol. The SMILES string of the molecule is CC(C)(C)C(NC(=O)N[C@H](COC(=O)NCC1CC1)C(C)(C)C)C(=O)N1CC2CC2C1C(=O)NC(CC1CC1)C(=O)C(N)=O. The van der Waals surface area contributed by atoms with Gasteiger partial charge in [-0.3, -0.25) is 19.2 Å². The average Bonchev–Trinajstić information content (AvgIpc) is 3.81. The highest BCUT2D eigenvalue weighted by molar-refractivity contribution is 6.37. The van der Waals surface area contributed by atoms with Crippen LogP contribution in [0, 0.1) is 34.5 Å². The van der Waals surface area contributed by atoms with E-state index in [9.17, 15) is 28.8 Å². The third-order valence-corrected chi connectivity index (χ3v) is 9.20. The van der Waals surface area contributed by atoms with E-state index in [2.05, 4.69) is 21.3 Å². The van der Waals surface area contributed by atoms with Gasteiger partial charge in [0.2, 0.25) is 17.6 Å². The van der Waals surface area contributed by atoms with Crippen LogP contribution in [0.5, 0.6) is 0 Å². The van der Waals surface area contributed by atoms with Gasteiger partial charge in [0.15, 0.2) is 0 Å². The van der Waals surface area contributed by atoms with Gasteiger partial charge in [-0.2, -0.15) is 0 Å². The Bertz CT molecular complexity index is 1150.